The van der Waals surface area contributed by atoms with Crippen LogP contribution in [0.5, 0.6) is 0 Å². The summed E-state index contributed by atoms with van der Waals surface area (Å²) in [7, 11) is 0. The molecule has 1 aromatic rings. The molecule has 1 fully saturated rings. The fraction of sp³-hybridized carbons (Fsp3) is 0.562. The predicted molar refractivity (Wildman–Crippen MR) is 87.5 cm³/mol. The van der Waals surface area contributed by atoms with Crippen LogP contribution in [0.3, 0.4) is 0 Å². The van der Waals surface area contributed by atoms with Crippen molar-refractivity contribution in [1.82, 2.24) is 5.32 Å². The van der Waals surface area contributed by atoms with Crippen molar-refractivity contribution in [2.75, 3.05) is 23.4 Å². The molecule has 0 aromatic heterocycles. The van der Waals surface area contributed by atoms with Gasteiger partial charge in [0.1, 0.15) is 0 Å². The summed E-state index contributed by atoms with van der Waals surface area (Å²) in [6, 6.07) is 8.54. The maximum Gasteiger partial charge on any atom is 0.225 e. The first-order valence-corrected chi connectivity index (χ1v) is 8.55. The Morgan fingerprint density at radius 2 is 2.20 bits per heavy atom. The molecule has 2 N–H and O–H groups in total. The second-order valence-corrected chi connectivity index (χ2v) is 6.56. The lowest BCUT2D eigenvalue weighted by molar-refractivity contribution is -0.116. The van der Waals surface area contributed by atoms with Crippen molar-refractivity contribution < 1.29 is 4.79 Å². The smallest absolute Gasteiger partial charge is 0.225 e. The molecule has 0 aliphatic carbocycles. The van der Waals surface area contributed by atoms with Crippen molar-refractivity contribution in [1.29, 1.82) is 0 Å². The van der Waals surface area contributed by atoms with Crippen LogP contribution in [0.4, 0.5) is 5.69 Å². The van der Waals surface area contributed by atoms with E-state index in [4.69, 9.17) is 0 Å². The first-order chi connectivity index (χ1) is 9.69. The topological polar surface area (TPSA) is 41.1 Å². The molecule has 0 saturated carbocycles. The van der Waals surface area contributed by atoms with Gasteiger partial charge in [0.25, 0.3) is 0 Å². The molecular formula is C16H24N2OS. The highest BCUT2D eigenvalue weighted by Crippen LogP contribution is 2.20. The summed E-state index contributed by atoms with van der Waals surface area (Å²) in [5.74, 6) is 2.85. The largest absolute Gasteiger partial charge is 0.326 e. The molecular weight excluding hydrogens is 268 g/mol. The Hall–Kier alpha value is -1.00. The third-order valence-electron chi connectivity index (χ3n) is 3.81. The van der Waals surface area contributed by atoms with Crippen molar-refractivity contribution in [2.24, 2.45) is 0 Å². The summed E-state index contributed by atoms with van der Waals surface area (Å²) in [5.41, 5.74) is 2.22. The molecule has 1 saturated heterocycles. The van der Waals surface area contributed by atoms with E-state index in [0.29, 0.717) is 18.4 Å². The first-order valence-electron chi connectivity index (χ1n) is 7.40. The summed E-state index contributed by atoms with van der Waals surface area (Å²) in [6.45, 7) is 5.42. The molecule has 20 heavy (non-hydrogen) atoms. The fourth-order valence-electron chi connectivity index (χ4n) is 2.32. The Morgan fingerprint density at radius 1 is 1.45 bits per heavy atom. The second kappa shape index (κ2) is 7.70. The molecule has 4 heteroatoms. The number of hydrogen-bond acceptors (Lipinski definition) is 3. The molecule has 110 valence electrons. The summed E-state index contributed by atoms with van der Waals surface area (Å²) >= 11 is 1.92. The number of rotatable bonds is 5. The number of thioether (sulfide) groups is 1. The number of carbonyl (C=O) groups is 1. The molecule has 1 aliphatic heterocycles. The maximum atomic E-state index is 12.0. The number of benzene rings is 1. The van der Waals surface area contributed by atoms with Crippen LogP contribution in [-0.4, -0.2) is 30.0 Å². The number of anilines is 1. The minimum Gasteiger partial charge on any atom is -0.326 e. The standard InChI is InChI=1S/C16H24N2OS/c1-3-12(2)13-4-6-14(7-5-13)18-16(19)10-15-11-20-9-8-17-15/h4-7,12,15,17H,3,8-11H2,1-2H3,(H,18,19). The highest BCUT2D eigenvalue weighted by atomic mass is 32.2. The molecule has 2 rings (SSSR count). The normalized spacial score (nSPS) is 20.4. The van der Waals surface area contributed by atoms with Gasteiger partial charge in [0.05, 0.1) is 0 Å². The first kappa shape index (κ1) is 15.4. The molecule has 1 aliphatic rings. The molecule has 0 bridgehead atoms. The lowest BCUT2D eigenvalue weighted by Gasteiger charge is -2.22. The van der Waals surface area contributed by atoms with Gasteiger partial charge in [0.2, 0.25) is 5.91 Å². The zero-order valence-electron chi connectivity index (χ0n) is 12.3. The Bertz CT molecular complexity index is 427. The van der Waals surface area contributed by atoms with E-state index in [1.807, 2.05) is 23.9 Å². The van der Waals surface area contributed by atoms with Gasteiger partial charge in [0.15, 0.2) is 0 Å². The fourth-order valence-corrected chi connectivity index (χ4v) is 3.27. The molecule has 1 heterocycles. The van der Waals surface area contributed by atoms with Crippen molar-refractivity contribution in [2.45, 2.75) is 38.6 Å². The number of hydrogen-bond donors (Lipinski definition) is 2. The van der Waals surface area contributed by atoms with Crippen LogP contribution >= 0.6 is 11.8 Å². The van der Waals surface area contributed by atoms with E-state index >= 15 is 0 Å². The van der Waals surface area contributed by atoms with Gasteiger partial charge >= 0.3 is 0 Å². The molecule has 0 spiro atoms. The average Bonchev–Trinajstić information content (AvgIpc) is 2.48. The lowest BCUT2D eigenvalue weighted by atomic mass is 9.98. The van der Waals surface area contributed by atoms with Gasteiger partial charge in [-0.25, -0.2) is 0 Å². The van der Waals surface area contributed by atoms with Crippen LogP contribution < -0.4 is 10.6 Å². The summed E-state index contributed by atoms with van der Waals surface area (Å²) < 4.78 is 0. The third-order valence-corrected chi connectivity index (χ3v) is 4.94. The zero-order chi connectivity index (χ0) is 14.4. The minimum absolute atomic E-state index is 0.0984. The Balaban J connectivity index is 1.84. The highest BCUT2D eigenvalue weighted by molar-refractivity contribution is 7.99. The van der Waals surface area contributed by atoms with Gasteiger partial charge in [0, 0.05) is 36.2 Å². The molecule has 1 amide bonds. The zero-order valence-corrected chi connectivity index (χ0v) is 13.1. The van der Waals surface area contributed by atoms with Crippen LogP contribution in [0.25, 0.3) is 0 Å². The maximum absolute atomic E-state index is 12.0. The third kappa shape index (κ3) is 4.53. The minimum atomic E-state index is 0.0984. The number of carbonyl (C=O) groups excluding carboxylic acids is 1. The van der Waals surface area contributed by atoms with E-state index in [9.17, 15) is 4.79 Å². The summed E-state index contributed by atoms with van der Waals surface area (Å²) in [4.78, 5) is 12.0. The van der Waals surface area contributed by atoms with Gasteiger partial charge in [-0.2, -0.15) is 11.8 Å². The van der Waals surface area contributed by atoms with E-state index in [0.717, 1.165) is 30.2 Å². The van der Waals surface area contributed by atoms with Crippen molar-refractivity contribution in [3.8, 4) is 0 Å². The Labute approximate surface area is 125 Å². The monoisotopic (exact) mass is 292 g/mol. The Morgan fingerprint density at radius 3 is 2.80 bits per heavy atom. The lowest BCUT2D eigenvalue weighted by Crippen LogP contribution is -2.39. The van der Waals surface area contributed by atoms with Gasteiger partial charge in [-0.15, -0.1) is 0 Å². The van der Waals surface area contributed by atoms with Gasteiger partial charge in [-0.3, -0.25) is 4.79 Å². The van der Waals surface area contributed by atoms with Crippen molar-refractivity contribution in [3.05, 3.63) is 29.8 Å². The van der Waals surface area contributed by atoms with Gasteiger partial charge < -0.3 is 10.6 Å². The summed E-state index contributed by atoms with van der Waals surface area (Å²) in [6.07, 6.45) is 1.69. The van der Waals surface area contributed by atoms with Crippen molar-refractivity contribution >= 4 is 23.4 Å². The van der Waals surface area contributed by atoms with Crippen molar-refractivity contribution in [3.63, 3.8) is 0 Å². The predicted octanol–water partition coefficient (Wildman–Crippen LogP) is 3.23. The molecule has 2 atom stereocenters. The number of amides is 1. The summed E-state index contributed by atoms with van der Waals surface area (Å²) in [5, 5.41) is 6.37. The average molecular weight is 292 g/mol. The number of nitrogens with one attached hydrogen (secondary N) is 2. The quantitative estimate of drug-likeness (QED) is 0.875. The Kier molecular flexibility index (Phi) is 5.92. The van der Waals surface area contributed by atoms with Crippen LogP contribution in [-0.2, 0) is 4.79 Å². The van der Waals surface area contributed by atoms with E-state index in [-0.39, 0.29) is 5.91 Å². The van der Waals surface area contributed by atoms with E-state index in [1.54, 1.807) is 0 Å². The molecule has 1 aromatic carbocycles. The van der Waals surface area contributed by atoms with Crippen LogP contribution in [0.2, 0.25) is 0 Å². The highest BCUT2D eigenvalue weighted by Gasteiger charge is 2.16. The molecule has 2 unspecified atom stereocenters. The van der Waals surface area contributed by atoms with E-state index < -0.39 is 0 Å². The van der Waals surface area contributed by atoms with Crippen LogP contribution in [0, 0.1) is 0 Å². The van der Waals surface area contributed by atoms with Crippen LogP contribution in [0.1, 0.15) is 38.2 Å². The van der Waals surface area contributed by atoms with E-state index in [1.165, 1.54) is 5.56 Å². The van der Waals surface area contributed by atoms with Crippen LogP contribution in [0.15, 0.2) is 24.3 Å². The van der Waals surface area contributed by atoms with Gasteiger partial charge in [-0.1, -0.05) is 26.0 Å². The SMILES string of the molecule is CCC(C)c1ccc(NC(=O)CC2CSCCN2)cc1. The molecule has 0 radical (unpaired) electrons. The van der Waals surface area contributed by atoms with E-state index in [2.05, 4.69) is 36.6 Å². The van der Waals surface area contributed by atoms with Gasteiger partial charge in [-0.05, 0) is 30.0 Å². The molecule has 3 nitrogen and oxygen atoms in total. The second-order valence-electron chi connectivity index (χ2n) is 5.41.